The predicted octanol–water partition coefficient (Wildman–Crippen LogP) is 2.21. The third kappa shape index (κ3) is 3.10. The van der Waals surface area contributed by atoms with E-state index in [9.17, 15) is 9.18 Å². The number of carbonyl (C=O) groups excluding carboxylic acids is 1. The van der Waals surface area contributed by atoms with Crippen LogP contribution in [0.4, 0.5) is 10.1 Å². The second-order valence-electron chi connectivity index (χ2n) is 5.39. The van der Waals surface area contributed by atoms with Gasteiger partial charge in [0, 0.05) is 32.5 Å². The minimum Gasteiger partial charge on any atom is -0.399 e. The molecule has 0 radical (unpaired) electrons. The van der Waals surface area contributed by atoms with Crippen LogP contribution in [0.15, 0.2) is 12.1 Å². The number of rotatable bonds is 3. The zero-order chi connectivity index (χ0) is 14.7. The van der Waals surface area contributed by atoms with Crippen molar-refractivity contribution >= 4 is 11.6 Å². The van der Waals surface area contributed by atoms with Crippen LogP contribution in [0.1, 0.15) is 28.8 Å². The van der Waals surface area contributed by atoms with Crippen molar-refractivity contribution in [1.82, 2.24) is 4.90 Å². The Labute approximate surface area is 118 Å². The molecule has 0 spiro atoms. The Balaban J connectivity index is 2.09. The number of nitrogen functional groups attached to an aromatic ring is 1. The van der Waals surface area contributed by atoms with Crippen LogP contribution in [0.3, 0.4) is 0 Å². The lowest BCUT2D eigenvalue weighted by Gasteiger charge is -2.32. The molecular formula is C15H21FN2O2. The maximum Gasteiger partial charge on any atom is 0.256 e. The molecule has 1 aromatic carbocycles. The van der Waals surface area contributed by atoms with Crippen LogP contribution in [0.25, 0.3) is 0 Å². The number of benzene rings is 1. The molecule has 1 aromatic rings. The van der Waals surface area contributed by atoms with E-state index < -0.39 is 5.82 Å². The highest BCUT2D eigenvalue weighted by Crippen LogP contribution is 2.23. The molecule has 1 amide bonds. The van der Waals surface area contributed by atoms with Gasteiger partial charge < -0.3 is 15.4 Å². The van der Waals surface area contributed by atoms with Crippen LogP contribution < -0.4 is 5.73 Å². The van der Waals surface area contributed by atoms with Crippen molar-refractivity contribution in [2.45, 2.75) is 19.8 Å². The molecule has 0 atom stereocenters. The Kier molecular flexibility index (Phi) is 4.60. The highest BCUT2D eigenvalue weighted by Gasteiger charge is 2.25. The van der Waals surface area contributed by atoms with E-state index in [1.807, 2.05) is 0 Å². The molecule has 0 aliphatic carbocycles. The van der Waals surface area contributed by atoms with E-state index >= 15 is 0 Å². The lowest BCUT2D eigenvalue weighted by molar-refractivity contribution is 0.0609. The van der Waals surface area contributed by atoms with Gasteiger partial charge in [0.15, 0.2) is 0 Å². The van der Waals surface area contributed by atoms with Gasteiger partial charge in [-0.25, -0.2) is 4.39 Å². The van der Waals surface area contributed by atoms with E-state index in [4.69, 9.17) is 10.5 Å². The van der Waals surface area contributed by atoms with E-state index in [0.29, 0.717) is 36.9 Å². The monoisotopic (exact) mass is 280 g/mol. The summed E-state index contributed by atoms with van der Waals surface area (Å²) in [6.07, 6.45) is 1.78. The number of nitrogens with two attached hydrogens (primary N) is 1. The Morgan fingerprint density at radius 2 is 2.10 bits per heavy atom. The summed E-state index contributed by atoms with van der Waals surface area (Å²) >= 11 is 0. The van der Waals surface area contributed by atoms with Crippen molar-refractivity contribution in [1.29, 1.82) is 0 Å². The summed E-state index contributed by atoms with van der Waals surface area (Å²) in [7, 11) is 1.68. The number of hydrogen-bond acceptors (Lipinski definition) is 3. The molecule has 1 heterocycles. The number of aryl methyl sites for hydroxylation is 1. The molecule has 2 rings (SSSR count). The molecule has 0 bridgehead atoms. The number of methoxy groups -OCH3 is 1. The first-order valence-corrected chi connectivity index (χ1v) is 6.86. The predicted molar refractivity (Wildman–Crippen MR) is 76.1 cm³/mol. The molecule has 5 heteroatoms. The summed E-state index contributed by atoms with van der Waals surface area (Å²) in [6, 6.07) is 2.96. The van der Waals surface area contributed by atoms with Crippen LogP contribution in [0, 0.1) is 18.7 Å². The van der Waals surface area contributed by atoms with Crippen LogP contribution in [-0.2, 0) is 4.74 Å². The average Bonchev–Trinajstić information content (AvgIpc) is 2.43. The van der Waals surface area contributed by atoms with Crippen molar-refractivity contribution in [3.63, 3.8) is 0 Å². The number of halogens is 1. The molecule has 4 nitrogen and oxygen atoms in total. The third-order valence-corrected chi connectivity index (χ3v) is 3.81. The Morgan fingerprint density at radius 1 is 1.45 bits per heavy atom. The number of carbonyl (C=O) groups is 1. The molecule has 0 saturated carbocycles. The lowest BCUT2D eigenvalue weighted by atomic mass is 9.97. The Bertz CT molecular complexity index is 497. The van der Waals surface area contributed by atoms with Crippen LogP contribution in [0.5, 0.6) is 0 Å². The minimum absolute atomic E-state index is 0.0766. The SMILES string of the molecule is COCC1CCN(C(=O)c2cc(N)cc(C)c2F)CC1. The summed E-state index contributed by atoms with van der Waals surface area (Å²) in [5.41, 5.74) is 6.60. The van der Waals surface area contributed by atoms with E-state index in [1.165, 1.54) is 12.1 Å². The Hall–Kier alpha value is -1.62. The van der Waals surface area contributed by atoms with E-state index in [0.717, 1.165) is 12.8 Å². The maximum absolute atomic E-state index is 14.1. The molecule has 1 fully saturated rings. The maximum atomic E-state index is 14.1. The van der Waals surface area contributed by atoms with Gasteiger partial charge >= 0.3 is 0 Å². The van der Waals surface area contributed by atoms with Crippen LogP contribution in [0.2, 0.25) is 0 Å². The average molecular weight is 280 g/mol. The normalized spacial score (nSPS) is 16.4. The van der Waals surface area contributed by atoms with Crippen LogP contribution >= 0.6 is 0 Å². The lowest BCUT2D eigenvalue weighted by Crippen LogP contribution is -2.39. The first-order chi connectivity index (χ1) is 9.52. The summed E-state index contributed by atoms with van der Waals surface area (Å²) in [5.74, 6) is -0.256. The number of amides is 1. The van der Waals surface area contributed by atoms with Gasteiger partial charge in [0.25, 0.3) is 5.91 Å². The highest BCUT2D eigenvalue weighted by molar-refractivity contribution is 5.95. The molecule has 1 saturated heterocycles. The summed E-state index contributed by atoms with van der Waals surface area (Å²) in [4.78, 5) is 14.1. The van der Waals surface area contributed by atoms with Gasteiger partial charge in [0.2, 0.25) is 0 Å². The summed E-state index contributed by atoms with van der Waals surface area (Å²) in [6.45, 7) is 3.61. The third-order valence-electron chi connectivity index (χ3n) is 3.81. The van der Waals surface area contributed by atoms with Crippen molar-refractivity contribution < 1.29 is 13.9 Å². The Morgan fingerprint density at radius 3 is 2.70 bits per heavy atom. The molecule has 110 valence electrons. The van der Waals surface area contributed by atoms with Gasteiger partial charge in [-0.15, -0.1) is 0 Å². The molecule has 20 heavy (non-hydrogen) atoms. The molecule has 1 aliphatic heterocycles. The second kappa shape index (κ2) is 6.22. The zero-order valence-electron chi connectivity index (χ0n) is 12.0. The topological polar surface area (TPSA) is 55.6 Å². The largest absolute Gasteiger partial charge is 0.399 e. The van der Waals surface area contributed by atoms with Crippen molar-refractivity contribution in [2.75, 3.05) is 32.5 Å². The van der Waals surface area contributed by atoms with E-state index in [1.54, 1.807) is 18.9 Å². The number of ether oxygens (including phenoxy) is 1. The van der Waals surface area contributed by atoms with E-state index in [-0.39, 0.29) is 11.5 Å². The zero-order valence-corrected chi connectivity index (χ0v) is 12.0. The van der Waals surface area contributed by atoms with Crippen molar-refractivity contribution in [3.8, 4) is 0 Å². The van der Waals surface area contributed by atoms with Gasteiger partial charge in [0.05, 0.1) is 5.56 Å². The summed E-state index contributed by atoms with van der Waals surface area (Å²) in [5, 5.41) is 0. The fourth-order valence-corrected chi connectivity index (χ4v) is 2.66. The summed E-state index contributed by atoms with van der Waals surface area (Å²) < 4.78 is 19.2. The molecule has 0 aromatic heterocycles. The first-order valence-electron chi connectivity index (χ1n) is 6.86. The standard InChI is InChI=1S/C15H21FN2O2/c1-10-7-12(17)8-13(14(10)16)15(19)18-5-3-11(4-6-18)9-20-2/h7-8,11H,3-6,9,17H2,1-2H3. The number of hydrogen-bond donors (Lipinski definition) is 1. The minimum atomic E-state index is -0.469. The van der Waals surface area contributed by atoms with Crippen molar-refractivity contribution in [2.24, 2.45) is 5.92 Å². The number of anilines is 1. The fraction of sp³-hybridized carbons (Fsp3) is 0.533. The smallest absolute Gasteiger partial charge is 0.256 e. The number of likely N-dealkylation sites (tertiary alicyclic amines) is 1. The van der Waals surface area contributed by atoms with Crippen molar-refractivity contribution in [3.05, 3.63) is 29.1 Å². The van der Waals surface area contributed by atoms with Gasteiger partial charge in [-0.3, -0.25) is 4.79 Å². The quantitative estimate of drug-likeness (QED) is 0.864. The van der Waals surface area contributed by atoms with Gasteiger partial charge in [0.1, 0.15) is 5.82 Å². The van der Waals surface area contributed by atoms with Gasteiger partial charge in [-0.2, -0.15) is 0 Å². The number of piperidine rings is 1. The van der Waals surface area contributed by atoms with Crippen LogP contribution in [-0.4, -0.2) is 37.6 Å². The molecule has 0 unspecified atom stereocenters. The fourth-order valence-electron chi connectivity index (χ4n) is 2.66. The molecule has 2 N–H and O–H groups in total. The highest BCUT2D eigenvalue weighted by atomic mass is 19.1. The van der Waals surface area contributed by atoms with E-state index in [2.05, 4.69) is 0 Å². The second-order valence-corrected chi connectivity index (χ2v) is 5.39. The number of nitrogens with zero attached hydrogens (tertiary/aromatic N) is 1. The molecule has 1 aliphatic rings. The van der Waals surface area contributed by atoms with Gasteiger partial charge in [-0.05, 0) is 43.4 Å². The van der Waals surface area contributed by atoms with Gasteiger partial charge in [-0.1, -0.05) is 0 Å². The first kappa shape index (κ1) is 14.8. The molecular weight excluding hydrogens is 259 g/mol.